The van der Waals surface area contributed by atoms with E-state index in [-0.39, 0.29) is 11.9 Å². The van der Waals surface area contributed by atoms with E-state index in [0.717, 1.165) is 17.9 Å². The number of fused-ring (bicyclic) bond motifs is 1. The minimum absolute atomic E-state index is 0.0546. The van der Waals surface area contributed by atoms with E-state index in [1.807, 2.05) is 0 Å². The summed E-state index contributed by atoms with van der Waals surface area (Å²) in [5.74, 6) is -5.15. The Kier molecular flexibility index (Phi) is 3.24. The van der Waals surface area contributed by atoms with E-state index in [1.54, 1.807) is 0 Å². The topological polar surface area (TPSA) is 94.6 Å². The summed E-state index contributed by atoms with van der Waals surface area (Å²) < 4.78 is 47.3. The van der Waals surface area contributed by atoms with Crippen molar-refractivity contribution in [2.45, 2.75) is 18.6 Å². The molecule has 0 amide bonds. The molecule has 1 fully saturated rings. The molecule has 122 valence electrons. The molecule has 1 aromatic carbocycles. The Labute approximate surface area is 126 Å². The first-order valence-electron chi connectivity index (χ1n) is 6.56. The monoisotopic (exact) mass is 328 g/mol. The number of benzene rings is 1. The number of ether oxygens (including phenoxy) is 1. The van der Waals surface area contributed by atoms with Crippen LogP contribution in [0.1, 0.15) is 22.8 Å². The van der Waals surface area contributed by atoms with Crippen LogP contribution < -0.4 is 15.9 Å². The van der Waals surface area contributed by atoms with E-state index in [4.69, 9.17) is 15.6 Å². The molecule has 2 atom stereocenters. The van der Waals surface area contributed by atoms with E-state index in [0.29, 0.717) is 0 Å². The van der Waals surface area contributed by atoms with Gasteiger partial charge in [0, 0.05) is 12.6 Å². The van der Waals surface area contributed by atoms with Crippen molar-refractivity contribution in [1.82, 2.24) is 4.57 Å². The van der Waals surface area contributed by atoms with Crippen LogP contribution in [0.5, 0.6) is 5.75 Å². The number of halogens is 3. The van der Waals surface area contributed by atoms with Crippen LogP contribution in [0.15, 0.2) is 11.0 Å². The molecule has 0 unspecified atom stereocenters. The lowest BCUT2D eigenvalue weighted by atomic mass is 10.1. The number of hydrogen-bond acceptors (Lipinski definition) is 4. The SMILES string of the molecule is COc1c(F)c(F)c(N)c2c(=O)c(C(=O)O)cn([C@@H]3C[C@H]3F)c12. The van der Waals surface area contributed by atoms with Crippen molar-refractivity contribution in [2.24, 2.45) is 0 Å². The smallest absolute Gasteiger partial charge is 0.341 e. The van der Waals surface area contributed by atoms with Gasteiger partial charge >= 0.3 is 5.97 Å². The second-order valence-electron chi connectivity index (χ2n) is 5.20. The van der Waals surface area contributed by atoms with E-state index < -0.39 is 57.6 Å². The van der Waals surface area contributed by atoms with Crippen LogP contribution in [0.4, 0.5) is 18.9 Å². The van der Waals surface area contributed by atoms with Crippen LogP contribution in [-0.4, -0.2) is 28.9 Å². The van der Waals surface area contributed by atoms with Gasteiger partial charge in [-0.05, 0) is 0 Å². The standard InChI is InChI=1S/C14H11F3N2O4/c1-23-13-9(17)8(16)10(18)7-11(13)19(6-2-5(6)15)3-4(12(7)20)14(21)22/h3,5-6H,2,18H2,1H3,(H,21,22)/t5-,6-/m1/s1. The summed E-state index contributed by atoms with van der Waals surface area (Å²) >= 11 is 0. The fourth-order valence-corrected chi connectivity index (χ4v) is 2.59. The van der Waals surface area contributed by atoms with Crippen LogP contribution in [0, 0.1) is 11.6 Å². The van der Waals surface area contributed by atoms with Gasteiger partial charge in [-0.2, -0.15) is 4.39 Å². The number of aromatic carboxylic acids is 1. The zero-order chi connectivity index (χ0) is 17.0. The number of carboxylic acids is 1. The van der Waals surface area contributed by atoms with Crippen molar-refractivity contribution in [1.29, 1.82) is 0 Å². The summed E-state index contributed by atoms with van der Waals surface area (Å²) in [4.78, 5) is 23.5. The molecule has 0 bridgehead atoms. The number of alkyl halides is 1. The number of pyridine rings is 1. The van der Waals surface area contributed by atoms with Crippen LogP contribution in [0.2, 0.25) is 0 Å². The van der Waals surface area contributed by atoms with Crippen molar-refractivity contribution < 1.29 is 27.8 Å². The van der Waals surface area contributed by atoms with Crippen LogP contribution >= 0.6 is 0 Å². The first kappa shape index (κ1) is 15.2. The van der Waals surface area contributed by atoms with Gasteiger partial charge in [0.05, 0.1) is 24.2 Å². The summed E-state index contributed by atoms with van der Waals surface area (Å²) in [7, 11) is 1.05. The van der Waals surface area contributed by atoms with Gasteiger partial charge < -0.3 is 20.1 Å². The number of aromatic nitrogens is 1. The fraction of sp³-hybridized carbons (Fsp3) is 0.286. The minimum Gasteiger partial charge on any atom is -0.491 e. The Hall–Kier alpha value is -2.71. The van der Waals surface area contributed by atoms with Gasteiger partial charge in [-0.15, -0.1) is 0 Å². The summed E-state index contributed by atoms with van der Waals surface area (Å²) in [5.41, 5.74) is 2.57. The molecule has 0 radical (unpaired) electrons. The first-order valence-corrected chi connectivity index (χ1v) is 6.56. The van der Waals surface area contributed by atoms with Gasteiger partial charge in [0.1, 0.15) is 17.3 Å². The molecule has 3 N–H and O–H groups in total. The maximum Gasteiger partial charge on any atom is 0.341 e. The number of nitrogens with zero attached hydrogens (tertiary/aromatic N) is 1. The number of rotatable bonds is 3. The zero-order valence-electron chi connectivity index (χ0n) is 11.8. The summed E-state index contributed by atoms with van der Waals surface area (Å²) in [6.45, 7) is 0. The molecule has 23 heavy (non-hydrogen) atoms. The van der Waals surface area contributed by atoms with Crippen LogP contribution in [-0.2, 0) is 0 Å². The van der Waals surface area contributed by atoms with Crippen molar-refractivity contribution in [3.63, 3.8) is 0 Å². The Morgan fingerprint density at radius 3 is 2.52 bits per heavy atom. The average Bonchev–Trinajstić information content (AvgIpc) is 3.22. The van der Waals surface area contributed by atoms with Gasteiger partial charge in [-0.25, -0.2) is 13.6 Å². The van der Waals surface area contributed by atoms with Crippen LogP contribution in [0.25, 0.3) is 10.9 Å². The molecule has 1 aliphatic rings. The molecule has 0 spiro atoms. The maximum atomic E-state index is 14.0. The summed E-state index contributed by atoms with van der Waals surface area (Å²) in [6.07, 6.45) is -0.336. The highest BCUT2D eigenvalue weighted by Gasteiger charge is 2.41. The molecular weight excluding hydrogens is 317 g/mol. The molecule has 1 aromatic heterocycles. The van der Waals surface area contributed by atoms with Crippen molar-refractivity contribution >= 4 is 22.6 Å². The lowest BCUT2D eigenvalue weighted by Gasteiger charge is -2.17. The largest absolute Gasteiger partial charge is 0.491 e. The molecule has 6 nitrogen and oxygen atoms in total. The molecule has 0 saturated heterocycles. The lowest BCUT2D eigenvalue weighted by molar-refractivity contribution is 0.0694. The Morgan fingerprint density at radius 1 is 1.43 bits per heavy atom. The van der Waals surface area contributed by atoms with Gasteiger partial charge in [0.2, 0.25) is 11.2 Å². The third kappa shape index (κ3) is 2.03. The normalized spacial score (nSPS) is 19.8. The predicted molar refractivity (Wildman–Crippen MR) is 74.6 cm³/mol. The number of hydrogen-bond donors (Lipinski definition) is 2. The molecule has 1 heterocycles. The Balaban J connectivity index is 2.57. The van der Waals surface area contributed by atoms with Gasteiger partial charge in [-0.3, -0.25) is 4.79 Å². The summed E-state index contributed by atoms with van der Waals surface area (Å²) in [6, 6.07) is -0.797. The number of nitrogens with two attached hydrogens (primary N) is 1. The highest BCUT2D eigenvalue weighted by molar-refractivity contribution is 6.00. The third-order valence-corrected chi connectivity index (χ3v) is 3.82. The van der Waals surface area contributed by atoms with E-state index >= 15 is 0 Å². The molecule has 2 aromatic rings. The summed E-state index contributed by atoms with van der Waals surface area (Å²) in [5, 5.41) is 8.57. The molecule has 9 heteroatoms. The average molecular weight is 328 g/mol. The van der Waals surface area contributed by atoms with Crippen molar-refractivity contribution in [3.05, 3.63) is 33.6 Å². The number of carboxylic acid groups (broad SMARTS) is 1. The second-order valence-corrected chi connectivity index (χ2v) is 5.20. The molecular formula is C14H11F3N2O4. The van der Waals surface area contributed by atoms with Gasteiger partial charge in [0.15, 0.2) is 11.6 Å². The van der Waals surface area contributed by atoms with Gasteiger partial charge in [-0.1, -0.05) is 0 Å². The zero-order valence-corrected chi connectivity index (χ0v) is 11.8. The minimum atomic E-state index is -1.58. The van der Waals surface area contributed by atoms with Gasteiger partial charge in [0.25, 0.3) is 0 Å². The van der Waals surface area contributed by atoms with E-state index in [1.165, 1.54) is 0 Å². The number of nitrogen functional groups attached to an aromatic ring is 1. The van der Waals surface area contributed by atoms with Crippen LogP contribution in [0.3, 0.4) is 0 Å². The Bertz CT molecular complexity index is 910. The Morgan fingerprint density at radius 2 is 2.04 bits per heavy atom. The molecule has 0 aliphatic heterocycles. The van der Waals surface area contributed by atoms with E-state index in [2.05, 4.69) is 0 Å². The molecule has 1 aliphatic carbocycles. The second kappa shape index (κ2) is 4.90. The van der Waals surface area contributed by atoms with Crippen molar-refractivity contribution in [3.8, 4) is 5.75 Å². The molecule has 1 saturated carbocycles. The lowest BCUT2D eigenvalue weighted by Crippen LogP contribution is -2.21. The maximum absolute atomic E-state index is 14.0. The highest BCUT2D eigenvalue weighted by atomic mass is 19.2. The number of anilines is 1. The number of carbonyl (C=O) groups is 1. The van der Waals surface area contributed by atoms with E-state index in [9.17, 15) is 22.8 Å². The number of methoxy groups -OCH3 is 1. The quantitative estimate of drug-likeness (QED) is 0.839. The fourth-order valence-electron chi connectivity index (χ4n) is 2.59. The predicted octanol–water partition coefficient (Wildman–Crippen LogP) is 1.85. The first-order chi connectivity index (χ1) is 10.8. The molecule has 3 rings (SSSR count). The van der Waals surface area contributed by atoms with Crippen molar-refractivity contribution in [2.75, 3.05) is 12.8 Å². The highest BCUT2D eigenvalue weighted by Crippen LogP contribution is 2.44. The third-order valence-electron chi connectivity index (χ3n) is 3.82.